The topological polar surface area (TPSA) is 90.9 Å². The van der Waals surface area contributed by atoms with Gasteiger partial charge in [-0.1, -0.05) is 13.8 Å². The molecule has 1 atom stereocenters. The molecule has 18 heavy (non-hydrogen) atoms. The van der Waals surface area contributed by atoms with Gasteiger partial charge in [0.25, 0.3) is 0 Å². The fourth-order valence-electron chi connectivity index (χ4n) is 1.46. The number of rotatable bonds is 4. The fraction of sp³-hybridized carbons (Fsp3) is 0.385. The predicted molar refractivity (Wildman–Crippen MR) is 71.0 cm³/mol. The summed E-state index contributed by atoms with van der Waals surface area (Å²) in [6, 6.07) is 8.35. The van der Waals surface area contributed by atoms with E-state index in [0.717, 1.165) is 0 Å². The Morgan fingerprint density at radius 3 is 2.44 bits per heavy atom. The van der Waals surface area contributed by atoms with Gasteiger partial charge in [0.1, 0.15) is 0 Å². The minimum absolute atomic E-state index is 0.0524. The van der Waals surface area contributed by atoms with E-state index in [4.69, 9.17) is 11.0 Å². The molecule has 2 amide bonds. The molecule has 0 saturated heterocycles. The molecule has 0 aliphatic rings. The zero-order valence-corrected chi connectivity index (χ0v) is 10.6. The van der Waals surface area contributed by atoms with Gasteiger partial charge in [-0.3, -0.25) is 0 Å². The number of urea groups is 1. The zero-order chi connectivity index (χ0) is 13.5. The lowest BCUT2D eigenvalue weighted by Crippen LogP contribution is -2.45. The second kappa shape index (κ2) is 6.62. The highest BCUT2D eigenvalue weighted by Crippen LogP contribution is 2.09. The molecule has 4 N–H and O–H groups in total. The van der Waals surface area contributed by atoms with E-state index in [2.05, 4.69) is 10.6 Å². The first kappa shape index (κ1) is 14.0. The Balaban J connectivity index is 2.56. The molecule has 1 unspecified atom stereocenters. The Morgan fingerprint density at radius 2 is 2.00 bits per heavy atom. The molecule has 5 nitrogen and oxygen atoms in total. The molecular formula is C13H18N4O. The lowest BCUT2D eigenvalue weighted by molar-refractivity contribution is 0.245. The van der Waals surface area contributed by atoms with Gasteiger partial charge in [0.2, 0.25) is 0 Å². The Kier molecular flexibility index (Phi) is 5.15. The highest BCUT2D eigenvalue weighted by atomic mass is 16.2. The molecule has 0 bridgehead atoms. The van der Waals surface area contributed by atoms with Crippen LogP contribution in [-0.2, 0) is 0 Å². The van der Waals surface area contributed by atoms with Crippen molar-refractivity contribution in [3.8, 4) is 6.07 Å². The summed E-state index contributed by atoms with van der Waals surface area (Å²) >= 11 is 0. The molecule has 0 saturated carbocycles. The highest BCUT2D eigenvalue weighted by molar-refractivity contribution is 5.89. The van der Waals surface area contributed by atoms with E-state index in [9.17, 15) is 4.79 Å². The van der Waals surface area contributed by atoms with E-state index >= 15 is 0 Å². The van der Waals surface area contributed by atoms with Crippen molar-refractivity contribution < 1.29 is 4.79 Å². The van der Waals surface area contributed by atoms with E-state index in [0.29, 0.717) is 17.8 Å². The summed E-state index contributed by atoms with van der Waals surface area (Å²) in [6.07, 6.45) is 0. The SMILES string of the molecule is CC(C)C(CN)NC(=O)Nc1ccc(C#N)cc1. The first-order valence-corrected chi connectivity index (χ1v) is 5.84. The molecular weight excluding hydrogens is 228 g/mol. The monoisotopic (exact) mass is 246 g/mol. The number of nitrogens with two attached hydrogens (primary N) is 1. The van der Waals surface area contributed by atoms with Gasteiger partial charge in [0.05, 0.1) is 11.6 Å². The van der Waals surface area contributed by atoms with Crippen LogP contribution >= 0.6 is 0 Å². The molecule has 1 rings (SSSR count). The summed E-state index contributed by atoms with van der Waals surface area (Å²) in [7, 11) is 0. The number of nitriles is 1. The van der Waals surface area contributed by atoms with Crippen molar-refractivity contribution in [2.75, 3.05) is 11.9 Å². The molecule has 0 spiro atoms. The summed E-state index contributed by atoms with van der Waals surface area (Å²) in [5.74, 6) is 0.279. The number of carbonyl (C=O) groups excluding carboxylic acids is 1. The van der Waals surface area contributed by atoms with Gasteiger partial charge in [0.15, 0.2) is 0 Å². The molecule has 0 aliphatic heterocycles. The van der Waals surface area contributed by atoms with Crippen LogP contribution in [0.2, 0.25) is 0 Å². The van der Waals surface area contributed by atoms with Crippen LogP contribution in [0.4, 0.5) is 10.5 Å². The number of anilines is 1. The average molecular weight is 246 g/mol. The van der Waals surface area contributed by atoms with Crippen molar-refractivity contribution in [3.63, 3.8) is 0 Å². The van der Waals surface area contributed by atoms with Gasteiger partial charge < -0.3 is 16.4 Å². The zero-order valence-electron chi connectivity index (χ0n) is 10.6. The summed E-state index contributed by atoms with van der Waals surface area (Å²) in [4.78, 5) is 11.7. The van der Waals surface area contributed by atoms with Crippen molar-refractivity contribution in [1.29, 1.82) is 5.26 Å². The van der Waals surface area contributed by atoms with Crippen LogP contribution < -0.4 is 16.4 Å². The maximum absolute atomic E-state index is 11.7. The van der Waals surface area contributed by atoms with Gasteiger partial charge >= 0.3 is 6.03 Å². The lowest BCUT2D eigenvalue weighted by Gasteiger charge is -2.20. The third kappa shape index (κ3) is 4.07. The number of benzene rings is 1. The molecule has 0 fully saturated rings. The Morgan fingerprint density at radius 1 is 1.39 bits per heavy atom. The molecule has 1 aromatic rings. The quantitative estimate of drug-likeness (QED) is 0.754. The number of nitrogens with zero attached hydrogens (tertiary/aromatic N) is 1. The molecule has 0 aromatic heterocycles. The fourth-order valence-corrected chi connectivity index (χ4v) is 1.46. The van der Waals surface area contributed by atoms with Gasteiger partial charge in [-0.2, -0.15) is 5.26 Å². The predicted octanol–water partition coefficient (Wildman–Crippen LogP) is 1.66. The normalized spacial score (nSPS) is 11.7. The molecule has 1 aromatic carbocycles. The lowest BCUT2D eigenvalue weighted by atomic mass is 10.1. The molecule has 0 heterocycles. The maximum Gasteiger partial charge on any atom is 0.319 e. The smallest absolute Gasteiger partial charge is 0.319 e. The highest BCUT2D eigenvalue weighted by Gasteiger charge is 2.14. The number of hydrogen-bond acceptors (Lipinski definition) is 3. The van der Waals surface area contributed by atoms with Crippen LogP contribution in [0.25, 0.3) is 0 Å². The van der Waals surface area contributed by atoms with E-state index in [-0.39, 0.29) is 18.0 Å². The molecule has 0 radical (unpaired) electrons. The summed E-state index contributed by atoms with van der Waals surface area (Å²) in [5, 5.41) is 14.2. The van der Waals surface area contributed by atoms with Gasteiger partial charge in [-0.15, -0.1) is 0 Å². The number of nitrogens with one attached hydrogen (secondary N) is 2. The van der Waals surface area contributed by atoms with Gasteiger partial charge in [0, 0.05) is 18.3 Å². The summed E-state index contributed by atoms with van der Waals surface area (Å²) in [5.41, 5.74) is 6.78. The van der Waals surface area contributed by atoms with E-state index in [1.54, 1.807) is 24.3 Å². The van der Waals surface area contributed by atoms with Crippen molar-refractivity contribution in [1.82, 2.24) is 5.32 Å². The molecule has 5 heteroatoms. The maximum atomic E-state index is 11.7. The van der Waals surface area contributed by atoms with Crippen molar-refractivity contribution >= 4 is 11.7 Å². The van der Waals surface area contributed by atoms with Crippen LogP contribution in [-0.4, -0.2) is 18.6 Å². The van der Waals surface area contributed by atoms with Crippen LogP contribution in [0.3, 0.4) is 0 Å². The number of amides is 2. The van der Waals surface area contributed by atoms with Crippen LogP contribution in [0.15, 0.2) is 24.3 Å². The summed E-state index contributed by atoms with van der Waals surface area (Å²) < 4.78 is 0. The van der Waals surface area contributed by atoms with E-state index in [1.165, 1.54) is 0 Å². The number of hydrogen-bond donors (Lipinski definition) is 3. The minimum atomic E-state index is -0.288. The van der Waals surface area contributed by atoms with Crippen molar-refractivity contribution in [2.24, 2.45) is 11.7 Å². The van der Waals surface area contributed by atoms with Crippen LogP contribution in [0.1, 0.15) is 19.4 Å². The first-order valence-electron chi connectivity index (χ1n) is 5.84. The van der Waals surface area contributed by atoms with Crippen LogP contribution in [0.5, 0.6) is 0 Å². The van der Waals surface area contributed by atoms with Gasteiger partial charge in [-0.05, 0) is 30.2 Å². The second-order valence-corrected chi connectivity index (χ2v) is 4.37. The Labute approximate surface area is 107 Å². The third-order valence-electron chi connectivity index (χ3n) is 2.65. The van der Waals surface area contributed by atoms with E-state index in [1.807, 2.05) is 19.9 Å². The van der Waals surface area contributed by atoms with Crippen LogP contribution in [0, 0.1) is 17.2 Å². The number of carbonyl (C=O) groups is 1. The first-order chi connectivity index (χ1) is 8.56. The van der Waals surface area contributed by atoms with Gasteiger partial charge in [-0.25, -0.2) is 4.79 Å². The van der Waals surface area contributed by atoms with Crippen molar-refractivity contribution in [3.05, 3.63) is 29.8 Å². The second-order valence-electron chi connectivity index (χ2n) is 4.37. The van der Waals surface area contributed by atoms with E-state index < -0.39 is 0 Å². The standard InChI is InChI=1S/C13H18N4O/c1-9(2)12(8-15)17-13(18)16-11-5-3-10(7-14)4-6-11/h3-6,9,12H,8,15H2,1-2H3,(H2,16,17,18). The Bertz CT molecular complexity index is 433. The van der Waals surface area contributed by atoms with Crippen molar-refractivity contribution in [2.45, 2.75) is 19.9 Å². The molecule has 96 valence electrons. The Hall–Kier alpha value is -2.06. The minimum Gasteiger partial charge on any atom is -0.334 e. The largest absolute Gasteiger partial charge is 0.334 e. The molecule has 0 aliphatic carbocycles. The average Bonchev–Trinajstić information content (AvgIpc) is 2.36. The summed E-state index contributed by atoms with van der Waals surface area (Å²) in [6.45, 7) is 4.40. The third-order valence-corrected chi connectivity index (χ3v) is 2.65.